The molecule has 5 heteroatoms. The first kappa shape index (κ1) is 15.8. The van der Waals surface area contributed by atoms with Crippen LogP contribution in [0.4, 0.5) is 0 Å². The lowest BCUT2D eigenvalue weighted by molar-refractivity contribution is -0.140. The molecule has 1 heterocycles. The topological polar surface area (TPSA) is 65.7 Å². The fraction of sp³-hybridized carbons (Fsp3) is 0.333. The summed E-state index contributed by atoms with van der Waals surface area (Å²) >= 11 is 0. The van der Waals surface area contributed by atoms with Crippen LogP contribution in [-0.4, -0.2) is 25.2 Å². The summed E-state index contributed by atoms with van der Waals surface area (Å²) < 4.78 is 14.9. The minimum Gasteiger partial charge on any atom is -0.465 e. The second-order valence-electron chi connectivity index (χ2n) is 3.87. The fourth-order valence-corrected chi connectivity index (χ4v) is 1.51. The molecule has 0 bridgehead atoms. The van der Waals surface area contributed by atoms with Gasteiger partial charge in [0.1, 0.15) is 5.76 Å². The zero-order chi connectivity index (χ0) is 15.0. The Kier molecular flexibility index (Phi) is 6.29. The van der Waals surface area contributed by atoms with Gasteiger partial charge in [-0.3, -0.25) is 0 Å². The number of carbonyl (C=O) groups excluding carboxylic acids is 2. The molecule has 0 radical (unpaired) electrons. The van der Waals surface area contributed by atoms with Crippen molar-refractivity contribution in [2.45, 2.75) is 20.8 Å². The molecule has 1 rings (SSSR count). The predicted octanol–water partition coefficient (Wildman–Crippen LogP) is 2.74. The lowest BCUT2D eigenvalue weighted by atomic mass is 10.1. The van der Waals surface area contributed by atoms with Crippen LogP contribution in [0, 0.1) is 0 Å². The van der Waals surface area contributed by atoms with Gasteiger partial charge in [-0.05, 0) is 44.6 Å². The summed E-state index contributed by atoms with van der Waals surface area (Å²) in [6.45, 7) is 5.57. The summed E-state index contributed by atoms with van der Waals surface area (Å²) in [7, 11) is 0. The van der Waals surface area contributed by atoms with Gasteiger partial charge in [-0.25, -0.2) is 9.59 Å². The van der Waals surface area contributed by atoms with Crippen molar-refractivity contribution in [2.24, 2.45) is 0 Å². The molecular formula is C15H18O5. The highest BCUT2D eigenvalue weighted by Crippen LogP contribution is 2.16. The van der Waals surface area contributed by atoms with Crippen molar-refractivity contribution in [3.05, 3.63) is 41.4 Å². The number of hydrogen-bond donors (Lipinski definition) is 0. The largest absolute Gasteiger partial charge is 0.465 e. The van der Waals surface area contributed by atoms with Gasteiger partial charge in [-0.15, -0.1) is 0 Å². The zero-order valence-corrected chi connectivity index (χ0v) is 11.8. The van der Waals surface area contributed by atoms with Gasteiger partial charge < -0.3 is 13.9 Å². The summed E-state index contributed by atoms with van der Waals surface area (Å²) in [5.41, 5.74) is 0.716. The highest BCUT2D eigenvalue weighted by molar-refractivity contribution is 6.01. The van der Waals surface area contributed by atoms with Gasteiger partial charge in [-0.2, -0.15) is 0 Å². The van der Waals surface area contributed by atoms with Gasteiger partial charge in [0.15, 0.2) is 0 Å². The molecule has 1 aromatic heterocycles. The lowest BCUT2D eigenvalue weighted by Gasteiger charge is -2.07. The first-order chi connectivity index (χ1) is 9.58. The maximum absolute atomic E-state index is 11.9. The van der Waals surface area contributed by atoms with Crippen molar-refractivity contribution in [3.63, 3.8) is 0 Å². The molecule has 0 spiro atoms. The van der Waals surface area contributed by atoms with Crippen LogP contribution >= 0.6 is 0 Å². The number of furan rings is 1. The normalized spacial score (nSPS) is 12.2. The van der Waals surface area contributed by atoms with Crippen molar-refractivity contribution in [1.82, 2.24) is 0 Å². The summed E-state index contributed by atoms with van der Waals surface area (Å²) in [4.78, 5) is 23.4. The van der Waals surface area contributed by atoms with E-state index in [1.165, 1.54) is 6.26 Å². The highest BCUT2D eigenvalue weighted by atomic mass is 16.5. The summed E-state index contributed by atoms with van der Waals surface area (Å²) in [5.74, 6) is -0.565. The first-order valence-electron chi connectivity index (χ1n) is 6.36. The van der Waals surface area contributed by atoms with Crippen molar-refractivity contribution in [1.29, 1.82) is 0 Å². The van der Waals surface area contributed by atoms with Crippen molar-refractivity contribution < 1.29 is 23.5 Å². The molecule has 0 amide bonds. The van der Waals surface area contributed by atoms with Crippen LogP contribution in [0.3, 0.4) is 0 Å². The van der Waals surface area contributed by atoms with Gasteiger partial charge >= 0.3 is 11.9 Å². The van der Waals surface area contributed by atoms with Crippen LogP contribution in [0.15, 0.2) is 40.0 Å². The second kappa shape index (κ2) is 7.99. The van der Waals surface area contributed by atoms with Crippen LogP contribution in [0.2, 0.25) is 0 Å². The fourth-order valence-electron chi connectivity index (χ4n) is 1.51. The molecule has 0 aliphatic carbocycles. The molecule has 5 nitrogen and oxygen atoms in total. The number of rotatable bonds is 6. The molecule has 0 aliphatic rings. The number of carbonyl (C=O) groups is 2. The van der Waals surface area contributed by atoms with E-state index in [2.05, 4.69) is 0 Å². The summed E-state index contributed by atoms with van der Waals surface area (Å²) in [5, 5.41) is 0. The van der Waals surface area contributed by atoms with Crippen molar-refractivity contribution >= 4 is 18.0 Å². The molecule has 0 N–H and O–H groups in total. The van der Waals surface area contributed by atoms with Crippen molar-refractivity contribution in [3.8, 4) is 0 Å². The molecule has 108 valence electrons. The first-order valence-corrected chi connectivity index (χ1v) is 6.36. The smallest absolute Gasteiger partial charge is 0.338 e. The molecule has 0 aliphatic heterocycles. The van der Waals surface area contributed by atoms with Gasteiger partial charge in [-0.1, -0.05) is 0 Å². The molecule has 1 aromatic rings. The molecule has 0 unspecified atom stereocenters. The molecule has 0 atom stereocenters. The predicted molar refractivity (Wildman–Crippen MR) is 73.7 cm³/mol. The Morgan fingerprint density at radius 3 is 2.50 bits per heavy atom. The van der Waals surface area contributed by atoms with Crippen LogP contribution in [0.1, 0.15) is 26.5 Å². The zero-order valence-electron chi connectivity index (χ0n) is 11.8. The van der Waals surface area contributed by atoms with Gasteiger partial charge in [0, 0.05) is 6.08 Å². The maximum Gasteiger partial charge on any atom is 0.338 e. The average molecular weight is 278 g/mol. The molecule has 0 fully saturated rings. The van der Waals surface area contributed by atoms with Crippen molar-refractivity contribution in [2.75, 3.05) is 13.2 Å². The van der Waals surface area contributed by atoms with Crippen LogP contribution in [0.5, 0.6) is 0 Å². The molecular weight excluding hydrogens is 260 g/mol. The maximum atomic E-state index is 11.9. The van der Waals surface area contributed by atoms with E-state index in [4.69, 9.17) is 13.9 Å². The SMILES string of the molecule is CCOC(=O)/C=C(C(=O)OCC)\C(C)=C\c1ccco1. The van der Waals surface area contributed by atoms with Crippen LogP contribution < -0.4 is 0 Å². The molecule has 0 saturated heterocycles. The average Bonchev–Trinajstić information content (AvgIpc) is 2.89. The molecule has 0 saturated carbocycles. The number of hydrogen-bond acceptors (Lipinski definition) is 5. The Balaban J connectivity index is 3.03. The van der Waals surface area contributed by atoms with Crippen LogP contribution in [0.25, 0.3) is 6.08 Å². The molecule has 0 aromatic carbocycles. The van der Waals surface area contributed by atoms with E-state index in [1.807, 2.05) is 0 Å². The van der Waals surface area contributed by atoms with E-state index in [0.717, 1.165) is 6.08 Å². The standard InChI is InChI=1S/C15H18O5/c1-4-18-14(16)10-13(15(17)19-5-2)11(3)9-12-7-6-8-20-12/h6-10H,4-5H2,1-3H3/b11-9+,13-10+. The Morgan fingerprint density at radius 2 is 1.95 bits per heavy atom. The van der Waals surface area contributed by atoms with Crippen LogP contribution in [-0.2, 0) is 19.1 Å². The molecule has 20 heavy (non-hydrogen) atoms. The lowest BCUT2D eigenvalue weighted by Crippen LogP contribution is -2.12. The minimum atomic E-state index is -0.581. The Labute approximate surface area is 117 Å². The third-order valence-electron chi connectivity index (χ3n) is 2.37. The van der Waals surface area contributed by atoms with E-state index >= 15 is 0 Å². The Hall–Kier alpha value is -2.30. The Bertz CT molecular complexity index is 508. The minimum absolute atomic E-state index is 0.154. The van der Waals surface area contributed by atoms with Gasteiger partial charge in [0.05, 0.1) is 25.1 Å². The highest BCUT2D eigenvalue weighted by Gasteiger charge is 2.15. The second-order valence-corrected chi connectivity index (χ2v) is 3.87. The van der Waals surface area contributed by atoms with E-state index in [1.54, 1.807) is 39.0 Å². The quantitative estimate of drug-likeness (QED) is 0.455. The third-order valence-corrected chi connectivity index (χ3v) is 2.37. The Morgan fingerprint density at radius 1 is 1.25 bits per heavy atom. The van der Waals surface area contributed by atoms with E-state index in [-0.39, 0.29) is 18.8 Å². The monoisotopic (exact) mass is 278 g/mol. The van der Waals surface area contributed by atoms with E-state index < -0.39 is 11.9 Å². The van der Waals surface area contributed by atoms with E-state index in [0.29, 0.717) is 11.3 Å². The number of ether oxygens (including phenoxy) is 2. The summed E-state index contributed by atoms with van der Waals surface area (Å²) in [6.07, 6.45) is 4.32. The van der Waals surface area contributed by atoms with E-state index in [9.17, 15) is 9.59 Å². The van der Waals surface area contributed by atoms with Gasteiger partial charge in [0.25, 0.3) is 0 Å². The third kappa shape index (κ3) is 4.76. The summed E-state index contributed by atoms with van der Waals surface area (Å²) in [6, 6.07) is 3.48. The number of esters is 2. The van der Waals surface area contributed by atoms with Gasteiger partial charge in [0.2, 0.25) is 0 Å².